The highest BCUT2D eigenvalue weighted by molar-refractivity contribution is 5.97. The molecule has 2 rings (SSSR count). The Kier molecular flexibility index (Phi) is 14.0. The van der Waals surface area contributed by atoms with E-state index < -0.39 is 0 Å². The monoisotopic (exact) mass is 387 g/mol. The van der Waals surface area contributed by atoms with Gasteiger partial charge in [0.2, 0.25) is 0 Å². The van der Waals surface area contributed by atoms with Crippen LogP contribution in [0.2, 0.25) is 0 Å². The molecule has 160 valence electrons. The van der Waals surface area contributed by atoms with Crippen LogP contribution in [0.3, 0.4) is 0 Å². The maximum atomic E-state index is 12.6. The summed E-state index contributed by atoms with van der Waals surface area (Å²) in [6.07, 6.45) is 14.4. The van der Waals surface area contributed by atoms with Crippen LogP contribution in [0.25, 0.3) is 0 Å². The van der Waals surface area contributed by atoms with Crippen molar-refractivity contribution in [3.63, 3.8) is 0 Å². The smallest absolute Gasteiger partial charge is 0.165 e. The molecular formula is C26H45NO. The van der Waals surface area contributed by atoms with Gasteiger partial charge in [0, 0.05) is 11.5 Å². The third kappa shape index (κ3) is 9.87. The minimum Gasteiger partial charge on any atom is -0.316 e. The van der Waals surface area contributed by atoms with E-state index in [4.69, 9.17) is 0 Å². The van der Waals surface area contributed by atoms with Crippen molar-refractivity contribution in [2.75, 3.05) is 13.1 Å². The quantitative estimate of drug-likeness (QED) is 0.303. The minimum atomic E-state index is 0.133. The van der Waals surface area contributed by atoms with Gasteiger partial charge in [0.25, 0.3) is 0 Å². The minimum absolute atomic E-state index is 0.133. The number of carbonyl (C=O) groups is 1. The molecule has 2 atom stereocenters. The van der Waals surface area contributed by atoms with E-state index in [-0.39, 0.29) is 5.92 Å². The van der Waals surface area contributed by atoms with E-state index >= 15 is 0 Å². The number of rotatable bonds is 12. The van der Waals surface area contributed by atoms with E-state index in [1.54, 1.807) is 0 Å². The van der Waals surface area contributed by atoms with E-state index in [1.165, 1.54) is 63.4 Å². The van der Waals surface area contributed by atoms with Crippen LogP contribution in [-0.2, 0) is 6.42 Å². The van der Waals surface area contributed by atoms with Crippen LogP contribution in [0.5, 0.6) is 0 Å². The van der Waals surface area contributed by atoms with Gasteiger partial charge in [0.05, 0.1) is 0 Å². The van der Waals surface area contributed by atoms with Crippen LogP contribution in [-0.4, -0.2) is 18.9 Å². The number of unbranched alkanes of at least 4 members (excludes halogenated alkanes) is 7. The Morgan fingerprint density at radius 1 is 0.964 bits per heavy atom. The molecule has 1 fully saturated rings. The first-order chi connectivity index (χ1) is 13.6. The zero-order valence-electron chi connectivity index (χ0n) is 19.1. The summed E-state index contributed by atoms with van der Waals surface area (Å²) in [5, 5.41) is 3.36. The Labute approximate surface area is 174 Å². The highest BCUT2D eigenvalue weighted by atomic mass is 16.1. The number of hydrogen-bond acceptors (Lipinski definition) is 2. The fraction of sp³-hybridized carbons (Fsp3) is 0.731. The summed E-state index contributed by atoms with van der Waals surface area (Å²) in [5.74, 6) is 0.949. The molecule has 1 aliphatic rings. The number of carbonyl (C=O) groups excluding carboxylic acids is 1. The third-order valence-corrected chi connectivity index (χ3v) is 5.78. The highest BCUT2D eigenvalue weighted by Crippen LogP contribution is 2.23. The Balaban J connectivity index is 0.00000122. The average molecular weight is 388 g/mol. The molecule has 0 aliphatic carbocycles. The van der Waals surface area contributed by atoms with Crippen molar-refractivity contribution in [2.45, 2.75) is 98.3 Å². The molecule has 0 saturated carbocycles. The molecule has 2 unspecified atom stereocenters. The van der Waals surface area contributed by atoms with Gasteiger partial charge < -0.3 is 5.32 Å². The van der Waals surface area contributed by atoms with Gasteiger partial charge in [0.1, 0.15) is 0 Å². The number of hydrogen-bond donors (Lipinski definition) is 1. The molecule has 28 heavy (non-hydrogen) atoms. The van der Waals surface area contributed by atoms with Crippen molar-refractivity contribution in [1.82, 2.24) is 5.32 Å². The van der Waals surface area contributed by atoms with E-state index in [1.807, 2.05) is 12.1 Å². The second kappa shape index (κ2) is 15.7. The first kappa shape index (κ1) is 24.9. The summed E-state index contributed by atoms with van der Waals surface area (Å²) >= 11 is 0. The fourth-order valence-electron chi connectivity index (χ4n) is 3.88. The lowest BCUT2D eigenvalue weighted by Crippen LogP contribution is -2.23. The van der Waals surface area contributed by atoms with E-state index in [0.29, 0.717) is 11.7 Å². The van der Waals surface area contributed by atoms with Gasteiger partial charge in [0.15, 0.2) is 5.78 Å². The molecule has 0 spiro atoms. The normalized spacial score (nSPS) is 17.1. The van der Waals surface area contributed by atoms with E-state index in [2.05, 4.69) is 45.1 Å². The highest BCUT2D eigenvalue weighted by Gasteiger charge is 2.27. The largest absolute Gasteiger partial charge is 0.316 e. The topological polar surface area (TPSA) is 29.1 Å². The summed E-state index contributed by atoms with van der Waals surface area (Å²) in [6.45, 7) is 10.7. The molecule has 0 amide bonds. The predicted octanol–water partition coefficient (Wildman–Crippen LogP) is 7.21. The molecule has 2 nitrogen and oxygen atoms in total. The Bertz CT molecular complexity index is 502. The lowest BCUT2D eigenvalue weighted by Gasteiger charge is -2.17. The van der Waals surface area contributed by atoms with Crippen LogP contribution >= 0.6 is 0 Å². The molecule has 2 heteroatoms. The summed E-state index contributed by atoms with van der Waals surface area (Å²) in [4.78, 5) is 12.6. The Morgan fingerprint density at radius 2 is 1.54 bits per heavy atom. The van der Waals surface area contributed by atoms with Gasteiger partial charge in [-0.2, -0.15) is 0 Å². The molecular weight excluding hydrogens is 342 g/mol. The molecule has 1 N–H and O–H groups in total. The van der Waals surface area contributed by atoms with Crippen molar-refractivity contribution >= 4 is 5.78 Å². The zero-order chi connectivity index (χ0) is 20.6. The molecule has 1 heterocycles. The second-order valence-corrected chi connectivity index (χ2v) is 8.53. The number of aryl methyl sites for hydroxylation is 1. The standard InChI is InChI=1S/C23H37NO.C3H8/c1-3-4-5-6-7-8-9-10-11-20-12-14-21(15-13-20)23(25)19(2)22-16-17-24-18-22;1-3-2/h12-15,19,22,24H,3-11,16-18H2,1-2H3;3H2,1-2H3. The van der Waals surface area contributed by atoms with Crippen molar-refractivity contribution in [3.8, 4) is 0 Å². The summed E-state index contributed by atoms with van der Waals surface area (Å²) in [7, 11) is 0. The van der Waals surface area contributed by atoms with Gasteiger partial charge >= 0.3 is 0 Å². The third-order valence-electron chi connectivity index (χ3n) is 5.78. The lowest BCUT2D eigenvalue weighted by atomic mass is 9.86. The maximum absolute atomic E-state index is 12.6. The van der Waals surface area contributed by atoms with E-state index in [0.717, 1.165) is 31.5 Å². The van der Waals surface area contributed by atoms with Gasteiger partial charge in [-0.25, -0.2) is 0 Å². The van der Waals surface area contributed by atoms with Crippen LogP contribution in [0, 0.1) is 11.8 Å². The summed E-state index contributed by atoms with van der Waals surface area (Å²) < 4.78 is 0. The SMILES string of the molecule is CCC.CCCCCCCCCCc1ccc(C(=O)C(C)C2CCNC2)cc1. The van der Waals surface area contributed by atoms with Crippen LogP contribution in [0.15, 0.2) is 24.3 Å². The number of ketones is 1. The Morgan fingerprint density at radius 3 is 2.07 bits per heavy atom. The molecule has 1 aliphatic heterocycles. The molecule has 1 aromatic carbocycles. The average Bonchev–Trinajstić information content (AvgIpc) is 3.25. The maximum Gasteiger partial charge on any atom is 0.165 e. The summed E-state index contributed by atoms with van der Waals surface area (Å²) in [6, 6.07) is 8.41. The van der Waals surface area contributed by atoms with Crippen molar-refractivity contribution in [1.29, 1.82) is 0 Å². The predicted molar refractivity (Wildman–Crippen MR) is 123 cm³/mol. The van der Waals surface area contributed by atoms with Crippen molar-refractivity contribution in [3.05, 3.63) is 35.4 Å². The Hall–Kier alpha value is -1.15. The van der Waals surface area contributed by atoms with Gasteiger partial charge in [-0.05, 0) is 43.8 Å². The summed E-state index contributed by atoms with van der Waals surface area (Å²) in [5.41, 5.74) is 2.26. The number of Topliss-reactive ketones (excluding diaryl/α,β-unsaturated/α-hetero) is 1. The first-order valence-corrected chi connectivity index (χ1v) is 12.0. The van der Waals surface area contributed by atoms with Crippen molar-refractivity contribution in [2.24, 2.45) is 11.8 Å². The van der Waals surface area contributed by atoms with Gasteiger partial charge in [-0.15, -0.1) is 0 Å². The fourth-order valence-corrected chi connectivity index (χ4v) is 3.88. The zero-order valence-corrected chi connectivity index (χ0v) is 19.1. The van der Waals surface area contributed by atoms with Crippen LogP contribution in [0.1, 0.15) is 108 Å². The van der Waals surface area contributed by atoms with Gasteiger partial charge in [-0.1, -0.05) is 103 Å². The molecule has 1 aromatic rings. The number of benzene rings is 1. The van der Waals surface area contributed by atoms with Crippen LogP contribution in [0.4, 0.5) is 0 Å². The molecule has 0 radical (unpaired) electrons. The second-order valence-electron chi connectivity index (χ2n) is 8.53. The lowest BCUT2D eigenvalue weighted by molar-refractivity contribution is 0.0893. The number of nitrogens with one attached hydrogen (secondary N) is 1. The molecule has 0 aromatic heterocycles. The van der Waals surface area contributed by atoms with Crippen molar-refractivity contribution < 1.29 is 4.79 Å². The molecule has 0 bridgehead atoms. The van der Waals surface area contributed by atoms with Crippen LogP contribution < -0.4 is 5.32 Å². The van der Waals surface area contributed by atoms with Gasteiger partial charge in [-0.3, -0.25) is 4.79 Å². The molecule has 1 saturated heterocycles. The first-order valence-electron chi connectivity index (χ1n) is 12.0. The van der Waals surface area contributed by atoms with E-state index in [9.17, 15) is 4.79 Å².